The van der Waals surface area contributed by atoms with Gasteiger partial charge in [-0.05, 0) is 75.6 Å². The first-order chi connectivity index (χ1) is 15.0. The van der Waals surface area contributed by atoms with Crippen LogP contribution >= 0.6 is 0 Å². The maximum absolute atomic E-state index is 12.8. The third-order valence-corrected chi connectivity index (χ3v) is 8.51. The van der Waals surface area contributed by atoms with Gasteiger partial charge in [-0.25, -0.2) is 4.79 Å². The summed E-state index contributed by atoms with van der Waals surface area (Å²) in [7, 11) is 2.11. The lowest BCUT2D eigenvalue weighted by Gasteiger charge is -2.32. The zero-order valence-electron chi connectivity index (χ0n) is 18.0. The number of H-pyrrole nitrogens is 1. The van der Waals surface area contributed by atoms with E-state index < -0.39 is 0 Å². The minimum atomic E-state index is -0.0360. The topological polar surface area (TPSA) is 78.4 Å². The molecule has 1 N–H and O–H groups in total. The van der Waals surface area contributed by atoms with Gasteiger partial charge in [0.15, 0.2) is 0 Å². The lowest BCUT2D eigenvalue weighted by Crippen LogP contribution is -2.42. The Kier molecular flexibility index (Phi) is 4.39. The fourth-order valence-corrected chi connectivity index (χ4v) is 6.96. The number of amides is 2. The van der Waals surface area contributed by atoms with E-state index in [-0.39, 0.29) is 35.4 Å². The lowest BCUT2D eigenvalue weighted by atomic mass is 9.81. The third-order valence-electron chi connectivity index (χ3n) is 8.51. The van der Waals surface area contributed by atoms with Crippen molar-refractivity contribution in [2.24, 2.45) is 23.7 Å². The number of unbranched alkanes of at least 4 members (excludes halogenated alkanes) is 1. The number of hydrogen-bond acceptors (Lipinski definition) is 4. The van der Waals surface area contributed by atoms with Crippen LogP contribution in [0.5, 0.6) is 0 Å². The van der Waals surface area contributed by atoms with E-state index >= 15 is 0 Å². The number of aromatic nitrogens is 2. The number of para-hydroxylation sites is 1. The molecule has 1 aromatic carbocycles. The first-order valence-electron chi connectivity index (χ1n) is 11.8. The van der Waals surface area contributed by atoms with Gasteiger partial charge in [-0.3, -0.25) is 19.1 Å². The smallest absolute Gasteiger partial charge is 0.306 e. The summed E-state index contributed by atoms with van der Waals surface area (Å²) in [5.41, 5.74) is 3.14. The predicted octanol–water partition coefficient (Wildman–Crippen LogP) is 2.00. The Hall–Kier alpha value is -2.41. The van der Waals surface area contributed by atoms with Crippen LogP contribution in [-0.4, -0.2) is 57.3 Å². The number of rotatable bonds is 6. The number of imide groups is 1. The van der Waals surface area contributed by atoms with Crippen LogP contribution in [0.3, 0.4) is 0 Å². The molecular weight excluding hydrogens is 392 g/mol. The Balaban J connectivity index is 1.04. The minimum Gasteiger partial charge on any atom is -0.306 e. The quantitative estimate of drug-likeness (QED) is 0.571. The van der Waals surface area contributed by atoms with Crippen LogP contribution in [0.1, 0.15) is 37.7 Å². The first-order valence-corrected chi connectivity index (χ1v) is 11.8. The lowest BCUT2D eigenvalue weighted by molar-refractivity contribution is -0.140. The van der Waals surface area contributed by atoms with E-state index in [0.717, 1.165) is 56.1 Å². The zero-order valence-corrected chi connectivity index (χ0v) is 18.0. The Morgan fingerprint density at radius 3 is 2.55 bits per heavy atom. The summed E-state index contributed by atoms with van der Waals surface area (Å²) in [6, 6.07) is 6.35. The van der Waals surface area contributed by atoms with Gasteiger partial charge in [0.05, 0.1) is 22.9 Å². The van der Waals surface area contributed by atoms with Gasteiger partial charge < -0.3 is 9.88 Å². The summed E-state index contributed by atoms with van der Waals surface area (Å²) in [6.07, 6.45) is 6.06. The van der Waals surface area contributed by atoms with Crippen molar-refractivity contribution in [2.75, 3.05) is 20.1 Å². The van der Waals surface area contributed by atoms with Gasteiger partial charge in [-0.2, -0.15) is 0 Å². The van der Waals surface area contributed by atoms with E-state index in [4.69, 9.17) is 0 Å². The monoisotopic (exact) mass is 422 g/mol. The molecule has 4 aliphatic rings. The van der Waals surface area contributed by atoms with Crippen molar-refractivity contribution in [3.05, 3.63) is 34.2 Å². The summed E-state index contributed by atoms with van der Waals surface area (Å²) in [6.45, 7) is 2.15. The number of aromatic amines is 1. The van der Waals surface area contributed by atoms with Crippen molar-refractivity contribution in [3.63, 3.8) is 0 Å². The van der Waals surface area contributed by atoms with Gasteiger partial charge in [0.1, 0.15) is 0 Å². The minimum absolute atomic E-state index is 0.00673. The molecule has 2 bridgehead atoms. The number of nitrogens with zero attached hydrogens (tertiary/aromatic N) is 3. The fraction of sp³-hybridized carbons (Fsp3) is 0.625. The summed E-state index contributed by atoms with van der Waals surface area (Å²) in [4.78, 5) is 44.9. The molecule has 0 radical (unpaired) electrons. The number of hydrogen-bond donors (Lipinski definition) is 1. The average Bonchev–Trinajstić information content (AvgIpc) is 3.51. The third kappa shape index (κ3) is 2.85. The van der Waals surface area contributed by atoms with Gasteiger partial charge in [-0.15, -0.1) is 0 Å². The van der Waals surface area contributed by atoms with Gasteiger partial charge in [0.2, 0.25) is 11.8 Å². The number of carbonyl (C=O) groups is 2. The Morgan fingerprint density at radius 1 is 1.06 bits per heavy atom. The molecule has 7 nitrogen and oxygen atoms in total. The highest BCUT2D eigenvalue weighted by Gasteiger charge is 2.60. The molecule has 31 heavy (non-hydrogen) atoms. The summed E-state index contributed by atoms with van der Waals surface area (Å²) < 4.78 is 1.87. The van der Waals surface area contributed by atoms with Crippen molar-refractivity contribution in [2.45, 2.75) is 51.1 Å². The molecule has 5 atom stereocenters. The molecule has 2 amide bonds. The molecule has 2 aliphatic heterocycles. The standard InChI is InChI=1S/C24H30N4O3/c1-26(17-12-16-5-4-6-18-21(16)28(13-17)24(31)25-18)9-2-3-10-27-22(29)19-14-7-8-15(11-14)20(19)23(27)30/h4-6,14-15,17,19-20H,2-3,7-13H2,1H3,(H,25,31)/t14?,15?,17-,19?,20?/m1/s1. The van der Waals surface area contributed by atoms with Crippen molar-refractivity contribution >= 4 is 22.8 Å². The average molecular weight is 423 g/mol. The van der Waals surface area contributed by atoms with Gasteiger partial charge >= 0.3 is 5.69 Å². The van der Waals surface area contributed by atoms with Crippen LogP contribution in [0.15, 0.2) is 23.0 Å². The molecule has 164 valence electrons. The molecule has 3 fully saturated rings. The van der Waals surface area contributed by atoms with Crippen LogP contribution in [0.25, 0.3) is 11.0 Å². The number of fused-ring (bicyclic) bond motifs is 5. The van der Waals surface area contributed by atoms with Crippen LogP contribution < -0.4 is 5.69 Å². The molecule has 4 unspecified atom stereocenters. The van der Waals surface area contributed by atoms with Gasteiger partial charge in [-0.1, -0.05) is 12.1 Å². The maximum Gasteiger partial charge on any atom is 0.326 e. The van der Waals surface area contributed by atoms with Gasteiger partial charge in [0.25, 0.3) is 0 Å². The SMILES string of the molecule is CN(CCCCN1C(=O)C2C3CCC(C3)C2C1=O)[C@@H]1Cc2cccc3[nH]c(=O)n(c23)C1. The van der Waals surface area contributed by atoms with E-state index in [9.17, 15) is 14.4 Å². The molecule has 7 heteroatoms. The summed E-state index contributed by atoms with van der Waals surface area (Å²) in [5.74, 6) is 1.12. The van der Waals surface area contributed by atoms with Crippen LogP contribution in [0.2, 0.25) is 0 Å². The second-order valence-electron chi connectivity index (χ2n) is 10.1. The number of likely N-dealkylation sites (N-methyl/N-ethyl adjacent to an activating group) is 1. The Labute approximate surface area is 181 Å². The number of benzene rings is 1. The van der Waals surface area contributed by atoms with Crippen LogP contribution in [-0.2, 0) is 22.6 Å². The van der Waals surface area contributed by atoms with E-state index in [1.807, 2.05) is 16.7 Å². The normalized spacial score (nSPS) is 31.4. The van der Waals surface area contributed by atoms with Crippen molar-refractivity contribution < 1.29 is 9.59 Å². The molecule has 6 rings (SSSR count). The second kappa shape index (κ2) is 7.05. The number of nitrogens with one attached hydrogen (secondary N) is 1. The molecule has 3 heterocycles. The second-order valence-corrected chi connectivity index (χ2v) is 10.1. The largest absolute Gasteiger partial charge is 0.326 e. The Bertz CT molecular complexity index is 1090. The summed E-state index contributed by atoms with van der Waals surface area (Å²) >= 11 is 0. The van der Waals surface area contributed by atoms with Crippen molar-refractivity contribution in [1.29, 1.82) is 0 Å². The highest BCUT2D eigenvalue weighted by molar-refractivity contribution is 6.06. The van der Waals surface area contributed by atoms with Crippen molar-refractivity contribution in [1.82, 2.24) is 19.4 Å². The molecule has 2 aliphatic carbocycles. The molecule has 2 saturated carbocycles. The highest BCUT2D eigenvalue weighted by atomic mass is 16.2. The summed E-state index contributed by atoms with van der Waals surface area (Å²) in [5, 5.41) is 0. The van der Waals surface area contributed by atoms with Crippen LogP contribution in [0, 0.1) is 23.7 Å². The van der Waals surface area contributed by atoms with Crippen LogP contribution in [0.4, 0.5) is 0 Å². The van der Waals surface area contributed by atoms with E-state index in [1.165, 1.54) is 5.56 Å². The van der Waals surface area contributed by atoms with E-state index in [1.54, 1.807) is 4.90 Å². The number of carbonyl (C=O) groups excluding carboxylic acids is 2. The number of imidazole rings is 1. The zero-order chi connectivity index (χ0) is 21.3. The first kappa shape index (κ1) is 19.3. The molecule has 0 spiro atoms. The van der Waals surface area contributed by atoms with E-state index in [0.29, 0.717) is 24.9 Å². The molecule has 1 saturated heterocycles. The fourth-order valence-electron chi connectivity index (χ4n) is 6.96. The molecular formula is C24H30N4O3. The molecule has 1 aromatic heterocycles. The predicted molar refractivity (Wildman–Crippen MR) is 116 cm³/mol. The molecule has 2 aromatic rings. The van der Waals surface area contributed by atoms with Gasteiger partial charge in [0, 0.05) is 19.1 Å². The van der Waals surface area contributed by atoms with Crippen molar-refractivity contribution in [3.8, 4) is 0 Å². The Morgan fingerprint density at radius 2 is 1.81 bits per heavy atom. The number of likely N-dealkylation sites (tertiary alicyclic amines) is 1. The van der Waals surface area contributed by atoms with E-state index in [2.05, 4.69) is 23.0 Å². The maximum atomic E-state index is 12.8. The highest BCUT2D eigenvalue weighted by Crippen LogP contribution is 2.56.